The van der Waals surface area contributed by atoms with E-state index in [1.807, 2.05) is 12.1 Å². The molecule has 0 radical (unpaired) electrons. The van der Waals surface area contributed by atoms with Crippen molar-refractivity contribution in [1.29, 1.82) is 0 Å². The van der Waals surface area contributed by atoms with Crippen LogP contribution in [0.5, 0.6) is 11.5 Å². The maximum Gasteiger partial charge on any atom is 0.139 e. The van der Waals surface area contributed by atoms with Crippen molar-refractivity contribution in [2.45, 2.75) is 58.0 Å². The van der Waals surface area contributed by atoms with Gasteiger partial charge in [-0.2, -0.15) is 0 Å². The van der Waals surface area contributed by atoms with Crippen LogP contribution in [0.1, 0.15) is 57.4 Å². The lowest BCUT2D eigenvalue weighted by Crippen LogP contribution is -2.53. The molecule has 124 valence electrons. The van der Waals surface area contributed by atoms with Gasteiger partial charge in [-0.15, -0.1) is 0 Å². The molecule has 2 fully saturated rings. The number of benzene rings is 1. The van der Waals surface area contributed by atoms with Gasteiger partial charge in [-0.1, -0.05) is 13.0 Å². The molecule has 0 saturated heterocycles. The summed E-state index contributed by atoms with van der Waals surface area (Å²) < 4.78 is 11.6. The van der Waals surface area contributed by atoms with Crippen molar-refractivity contribution < 1.29 is 14.3 Å². The topological polar surface area (TPSA) is 35.5 Å². The number of ether oxygens (including phenoxy) is 2. The zero-order chi connectivity index (χ0) is 16.2. The molecule has 0 amide bonds. The summed E-state index contributed by atoms with van der Waals surface area (Å²) >= 11 is 0. The van der Waals surface area contributed by atoms with E-state index >= 15 is 0 Å². The first-order chi connectivity index (χ1) is 11.0. The number of methoxy groups -OCH3 is 1. The molecule has 3 aliphatic rings. The predicted molar refractivity (Wildman–Crippen MR) is 89.0 cm³/mol. The van der Waals surface area contributed by atoms with E-state index in [0.29, 0.717) is 23.5 Å². The number of carbonyl (C=O) groups is 1. The fraction of sp³-hybridized carbons (Fsp3) is 0.650. The molecule has 2 saturated carbocycles. The summed E-state index contributed by atoms with van der Waals surface area (Å²) in [5.41, 5.74) is 1.19. The van der Waals surface area contributed by atoms with Crippen LogP contribution in [-0.2, 0) is 4.79 Å². The number of fused-ring (bicyclic) bond motifs is 5. The SMILES string of the molecule is COc1ccc2c(c1)O[C@H](C)[C@H]1[C@@H]2CC[C@]2(C)C(=O)CCC[C@@H]12. The van der Waals surface area contributed by atoms with Gasteiger partial charge in [0.15, 0.2) is 0 Å². The van der Waals surface area contributed by atoms with Crippen LogP contribution >= 0.6 is 0 Å². The highest BCUT2D eigenvalue weighted by atomic mass is 16.5. The molecule has 4 rings (SSSR count). The van der Waals surface area contributed by atoms with Gasteiger partial charge in [-0.05, 0) is 56.1 Å². The molecule has 3 nitrogen and oxygen atoms in total. The van der Waals surface area contributed by atoms with Crippen molar-refractivity contribution in [2.75, 3.05) is 7.11 Å². The van der Waals surface area contributed by atoms with E-state index in [9.17, 15) is 4.79 Å². The monoisotopic (exact) mass is 314 g/mol. The average Bonchev–Trinajstić information content (AvgIpc) is 2.55. The normalized spacial score (nSPS) is 38.8. The largest absolute Gasteiger partial charge is 0.497 e. The van der Waals surface area contributed by atoms with Gasteiger partial charge in [0.25, 0.3) is 0 Å². The Balaban J connectivity index is 1.74. The van der Waals surface area contributed by atoms with Crippen LogP contribution in [0, 0.1) is 17.3 Å². The summed E-state index contributed by atoms with van der Waals surface area (Å²) in [6, 6.07) is 6.22. The number of hydrogen-bond donors (Lipinski definition) is 0. The molecule has 5 atom stereocenters. The van der Waals surface area contributed by atoms with Gasteiger partial charge in [0.05, 0.1) is 13.2 Å². The van der Waals surface area contributed by atoms with Crippen LogP contribution in [0.3, 0.4) is 0 Å². The van der Waals surface area contributed by atoms with Crippen LogP contribution in [0.15, 0.2) is 18.2 Å². The molecule has 2 aliphatic carbocycles. The summed E-state index contributed by atoms with van der Waals surface area (Å²) in [6.45, 7) is 4.40. The number of hydrogen-bond acceptors (Lipinski definition) is 3. The lowest BCUT2D eigenvalue weighted by molar-refractivity contribution is -0.143. The number of rotatable bonds is 1. The number of carbonyl (C=O) groups excluding carboxylic acids is 1. The minimum Gasteiger partial charge on any atom is -0.497 e. The molecule has 0 aromatic heterocycles. The zero-order valence-electron chi connectivity index (χ0n) is 14.3. The smallest absolute Gasteiger partial charge is 0.139 e. The second-order valence-corrected chi connectivity index (χ2v) is 7.79. The lowest BCUT2D eigenvalue weighted by Gasteiger charge is -2.54. The van der Waals surface area contributed by atoms with Crippen LogP contribution in [0.2, 0.25) is 0 Å². The predicted octanol–water partition coefficient (Wildman–Crippen LogP) is 4.35. The first-order valence-electron chi connectivity index (χ1n) is 8.92. The first-order valence-corrected chi connectivity index (χ1v) is 8.92. The molecular formula is C20H26O3. The lowest BCUT2D eigenvalue weighted by atomic mass is 9.51. The Hall–Kier alpha value is -1.51. The van der Waals surface area contributed by atoms with Gasteiger partial charge < -0.3 is 9.47 Å². The fourth-order valence-corrected chi connectivity index (χ4v) is 5.51. The molecule has 3 heteroatoms. The molecular weight excluding hydrogens is 288 g/mol. The Bertz CT molecular complexity index is 638. The standard InChI is InChI=1S/C20H26O3/c1-12-19-15(14-8-7-13(22-3)11-17(14)23-12)9-10-20(2)16(19)5-4-6-18(20)21/h7-8,11-12,15-16,19H,4-6,9-10H2,1-3H3/t12-,15-,16+,19+,20+/m1/s1. The Morgan fingerprint density at radius 3 is 2.91 bits per heavy atom. The molecule has 0 N–H and O–H groups in total. The van der Waals surface area contributed by atoms with E-state index in [0.717, 1.165) is 37.2 Å². The van der Waals surface area contributed by atoms with Crippen molar-refractivity contribution in [3.05, 3.63) is 23.8 Å². The van der Waals surface area contributed by atoms with Crippen LogP contribution in [0.25, 0.3) is 0 Å². The highest BCUT2D eigenvalue weighted by molar-refractivity contribution is 5.85. The van der Waals surface area contributed by atoms with Crippen LogP contribution in [0.4, 0.5) is 0 Å². The maximum absolute atomic E-state index is 12.6. The Morgan fingerprint density at radius 2 is 2.13 bits per heavy atom. The number of ketones is 1. The Kier molecular flexibility index (Phi) is 3.44. The quantitative estimate of drug-likeness (QED) is 0.773. The van der Waals surface area contributed by atoms with Crippen molar-refractivity contribution >= 4 is 5.78 Å². The van der Waals surface area contributed by atoms with E-state index in [1.54, 1.807) is 7.11 Å². The van der Waals surface area contributed by atoms with Crippen LogP contribution in [-0.4, -0.2) is 19.0 Å². The second kappa shape index (κ2) is 5.25. The van der Waals surface area contributed by atoms with Crippen molar-refractivity contribution in [3.63, 3.8) is 0 Å². The molecule has 1 aromatic rings. The van der Waals surface area contributed by atoms with Crippen molar-refractivity contribution in [2.24, 2.45) is 17.3 Å². The summed E-state index contributed by atoms with van der Waals surface area (Å²) in [6.07, 6.45) is 5.27. The van der Waals surface area contributed by atoms with E-state index in [-0.39, 0.29) is 11.5 Å². The molecule has 1 aliphatic heterocycles. The summed E-state index contributed by atoms with van der Waals surface area (Å²) in [5, 5.41) is 0. The molecule has 1 aromatic carbocycles. The average molecular weight is 314 g/mol. The van der Waals surface area contributed by atoms with E-state index in [4.69, 9.17) is 9.47 Å². The molecule has 0 spiro atoms. The van der Waals surface area contributed by atoms with E-state index in [2.05, 4.69) is 19.9 Å². The van der Waals surface area contributed by atoms with E-state index < -0.39 is 0 Å². The summed E-state index contributed by atoms with van der Waals surface area (Å²) in [4.78, 5) is 12.6. The molecule has 0 bridgehead atoms. The van der Waals surface area contributed by atoms with Crippen molar-refractivity contribution in [1.82, 2.24) is 0 Å². The number of Topliss-reactive ketones (excluding diaryl/α,β-unsaturated/α-hetero) is 1. The third kappa shape index (κ3) is 2.12. The molecule has 23 heavy (non-hydrogen) atoms. The fourth-order valence-electron chi connectivity index (χ4n) is 5.51. The van der Waals surface area contributed by atoms with E-state index in [1.165, 1.54) is 12.0 Å². The van der Waals surface area contributed by atoms with Gasteiger partial charge in [-0.25, -0.2) is 0 Å². The maximum atomic E-state index is 12.6. The Labute approximate surface area is 138 Å². The summed E-state index contributed by atoms with van der Waals surface area (Å²) in [5.74, 6) is 3.75. The third-order valence-electron chi connectivity index (χ3n) is 6.75. The van der Waals surface area contributed by atoms with Gasteiger partial charge in [0, 0.05) is 23.8 Å². The van der Waals surface area contributed by atoms with Gasteiger partial charge >= 0.3 is 0 Å². The summed E-state index contributed by atoms with van der Waals surface area (Å²) in [7, 11) is 1.69. The molecule has 0 unspecified atom stereocenters. The zero-order valence-corrected chi connectivity index (χ0v) is 14.3. The van der Waals surface area contributed by atoms with Gasteiger partial charge in [-0.3, -0.25) is 4.79 Å². The minimum atomic E-state index is -0.124. The van der Waals surface area contributed by atoms with Gasteiger partial charge in [0.1, 0.15) is 17.3 Å². The van der Waals surface area contributed by atoms with Crippen molar-refractivity contribution in [3.8, 4) is 11.5 Å². The third-order valence-corrected chi connectivity index (χ3v) is 6.75. The Morgan fingerprint density at radius 1 is 1.30 bits per heavy atom. The molecule has 1 heterocycles. The first kappa shape index (κ1) is 15.0. The van der Waals surface area contributed by atoms with Gasteiger partial charge in [0.2, 0.25) is 0 Å². The van der Waals surface area contributed by atoms with Crippen LogP contribution < -0.4 is 9.47 Å². The highest BCUT2D eigenvalue weighted by Crippen LogP contribution is 2.59. The second-order valence-electron chi connectivity index (χ2n) is 7.79. The highest BCUT2D eigenvalue weighted by Gasteiger charge is 2.55. The minimum absolute atomic E-state index is 0.124.